The number of nitrogens with zero attached hydrogens (tertiary/aromatic N) is 3. The highest BCUT2D eigenvalue weighted by Crippen LogP contribution is 2.31. The standard InChI is InChI=1S/C19H13Cl2N3O2/c1-12-15(10-13-4-2-3-5-18(13)26-9-8-22)19(25)24(23-12)14-6-7-16(20)17(21)11-14/h2-7,10-11H,9H2,1H3. The second-order valence-corrected chi connectivity index (χ2v) is 6.26. The van der Waals surface area contributed by atoms with Crippen LogP contribution in [0.25, 0.3) is 6.08 Å². The van der Waals surface area contributed by atoms with Crippen LogP contribution in [0.1, 0.15) is 12.5 Å². The van der Waals surface area contributed by atoms with Gasteiger partial charge in [-0.15, -0.1) is 0 Å². The fraction of sp³-hybridized carbons (Fsp3) is 0.105. The Hall–Kier alpha value is -2.81. The molecule has 1 aliphatic heterocycles. The highest BCUT2D eigenvalue weighted by atomic mass is 35.5. The van der Waals surface area contributed by atoms with E-state index in [2.05, 4.69) is 5.10 Å². The Morgan fingerprint density at radius 3 is 2.73 bits per heavy atom. The number of carbonyl (C=O) groups excluding carboxylic acids is 1. The van der Waals surface area contributed by atoms with Gasteiger partial charge in [-0.3, -0.25) is 4.79 Å². The molecule has 0 saturated carbocycles. The number of rotatable bonds is 4. The van der Waals surface area contributed by atoms with Crippen molar-refractivity contribution in [1.82, 2.24) is 0 Å². The molecule has 0 radical (unpaired) electrons. The Kier molecular flexibility index (Phi) is 5.27. The Morgan fingerprint density at radius 1 is 1.23 bits per heavy atom. The molecule has 0 aliphatic carbocycles. The van der Waals surface area contributed by atoms with Gasteiger partial charge in [0.1, 0.15) is 11.8 Å². The molecule has 0 saturated heterocycles. The first kappa shape index (κ1) is 18.0. The summed E-state index contributed by atoms with van der Waals surface area (Å²) in [7, 11) is 0. The van der Waals surface area contributed by atoms with Crippen LogP contribution < -0.4 is 9.75 Å². The molecule has 1 heterocycles. The molecule has 7 heteroatoms. The Bertz CT molecular complexity index is 977. The molecule has 3 rings (SSSR count). The van der Waals surface area contributed by atoms with Crippen molar-refractivity contribution in [2.24, 2.45) is 5.10 Å². The summed E-state index contributed by atoms with van der Waals surface area (Å²) in [4.78, 5) is 12.8. The molecule has 1 aliphatic rings. The maximum Gasteiger partial charge on any atom is 0.280 e. The molecule has 26 heavy (non-hydrogen) atoms. The maximum absolute atomic E-state index is 12.8. The topological polar surface area (TPSA) is 65.7 Å². The van der Waals surface area contributed by atoms with Crippen molar-refractivity contribution in [3.8, 4) is 11.8 Å². The van der Waals surface area contributed by atoms with Crippen LogP contribution >= 0.6 is 23.2 Å². The SMILES string of the molecule is CC1=NN(c2ccc(Cl)c(Cl)c2)C(=O)C1=Cc1ccccc1OCC#N. The Morgan fingerprint density at radius 2 is 2.00 bits per heavy atom. The minimum absolute atomic E-state index is 0.0728. The van der Waals surface area contributed by atoms with E-state index < -0.39 is 0 Å². The largest absolute Gasteiger partial charge is 0.478 e. The summed E-state index contributed by atoms with van der Waals surface area (Å²) in [6.07, 6.45) is 1.70. The van der Waals surface area contributed by atoms with E-state index in [-0.39, 0.29) is 12.5 Å². The number of benzene rings is 2. The minimum Gasteiger partial charge on any atom is -0.478 e. The van der Waals surface area contributed by atoms with Gasteiger partial charge >= 0.3 is 0 Å². The first-order chi connectivity index (χ1) is 12.5. The first-order valence-corrected chi connectivity index (χ1v) is 8.42. The van der Waals surface area contributed by atoms with E-state index in [4.69, 9.17) is 33.2 Å². The number of amides is 1. The van der Waals surface area contributed by atoms with Gasteiger partial charge in [-0.2, -0.15) is 15.4 Å². The third kappa shape index (κ3) is 3.57. The summed E-state index contributed by atoms with van der Waals surface area (Å²) in [5.41, 5.74) is 2.22. The predicted octanol–water partition coefficient (Wildman–Crippen LogP) is 4.70. The molecular formula is C19H13Cl2N3O2. The summed E-state index contributed by atoms with van der Waals surface area (Å²) in [5.74, 6) is 0.242. The van der Waals surface area contributed by atoms with Gasteiger partial charge in [0, 0.05) is 5.56 Å². The summed E-state index contributed by atoms with van der Waals surface area (Å²) < 4.78 is 5.40. The van der Waals surface area contributed by atoms with Crippen LogP contribution in [0.5, 0.6) is 5.75 Å². The smallest absolute Gasteiger partial charge is 0.280 e. The van der Waals surface area contributed by atoms with E-state index >= 15 is 0 Å². The van der Waals surface area contributed by atoms with Gasteiger partial charge in [-0.1, -0.05) is 41.4 Å². The number of hydrogen-bond acceptors (Lipinski definition) is 4. The Balaban J connectivity index is 1.95. The lowest BCUT2D eigenvalue weighted by Crippen LogP contribution is -2.21. The fourth-order valence-electron chi connectivity index (χ4n) is 2.47. The second kappa shape index (κ2) is 7.61. The molecule has 0 aromatic heterocycles. The summed E-state index contributed by atoms with van der Waals surface area (Å²) in [5, 5.41) is 15.0. The Labute approximate surface area is 160 Å². The van der Waals surface area contributed by atoms with Crippen molar-refractivity contribution >= 4 is 46.6 Å². The molecule has 1 amide bonds. The number of para-hydroxylation sites is 1. The fourth-order valence-corrected chi connectivity index (χ4v) is 2.77. The molecule has 2 aromatic carbocycles. The van der Waals surface area contributed by atoms with E-state index in [0.717, 1.165) is 0 Å². The van der Waals surface area contributed by atoms with Gasteiger partial charge in [0.2, 0.25) is 0 Å². The summed E-state index contributed by atoms with van der Waals surface area (Å²) >= 11 is 12.0. The monoisotopic (exact) mass is 385 g/mol. The number of carbonyl (C=O) groups is 1. The van der Waals surface area contributed by atoms with Gasteiger partial charge in [0.05, 0.1) is 27.0 Å². The van der Waals surface area contributed by atoms with Gasteiger partial charge in [-0.05, 0) is 37.3 Å². The second-order valence-electron chi connectivity index (χ2n) is 5.44. The van der Waals surface area contributed by atoms with E-state index in [1.54, 1.807) is 43.3 Å². The molecule has 5 nitrogen and oxygen atoms in total. The lowest BCUT2D eigenvalue weighted by Gasteiger charge is -2.12. The average Bonchev–Trinajstić information content (AvgIpc) is 2.91. The van der Waals surface area contributed by atoms with Crippen molar-refractivity contribution in [3.63, 3.8) is 0 Å². The molecule has 130 valence electrons. The van der Waals surface area contributed by atoms with Crippen LogP contribution in [-0.2, 0) is 4.79 Å². The van der Waals surface area contributed by atoms with E-state index in [1.165, 1.54) is 5.01 Å². The van der Waals surface area contributed by atoms with E-state index in [9.17, 15) is 4.79 Å². The lowest BCUT2D eigenvalue weighted by atomic mass is 10.1. The highest BCUT2D eigenvalue weighted by molar-refractivity contribution is 6.42. The van der Waals surface area contributed by atoms with Gasteiger partial charge in [0.25, 0.3) is 5.91 Å². The van der Waals surface area contributed by atoms with Gasteiger partial charge in [-0.25, -0.2) is 0 Å². The highest BCUT2D eigenvalue weighted by Gasteiger charge is 2.29. The third-order valence-electron chi connectivity index (χ3n) is 3.72. The van der Waals surface area contributed by atoms with Gasteiger partial charge in [0.15, 0.2) is 6.61 Å². The number of hydrazone groups is 1. The van der Waals surface area contributed by atoms with Crippen LogP contribution in [-0.4, -0.2) is 18.2 Å². The molecule has 0 unspecified atom stereocenters. The number of halogens is 2. The maximum atomic E-state index is 12.8. The van der Waals surface area contributed by atoms with Crippen molar-refractivity contribution < 1.29 is 9.53 Å². The minimum atomic E-state index is -0.282. The number of ether oxygens (including phenoxy) is 1. The molecule has 0 bridgehead atoms. The van der Waals surface area contributed by atoms with Crippen LogP contribution in [0.15, 0.2) is 53.1 Å². The number of hydrogen-bond donors (Lipinski definition) is 0. The normalized spacial score (nSPS) is 15.2. The zero-order valence-electron chi connectivity index (χ0n) is 13.7. The summed E-state index contributed by atoms with van der Waals surface area (Å²) in [6, 6.07) is 14.0. The quantitative estimate of drug-likeness (QED) is 0.716. The van der Waals surface area contributed by atoms with E-state index in [1.807, 2.05) is 18.2 Å². The summed E-state index contributed by atoms with van der Waals surface area (Å²) in [6.45, 7) is 1.68. The van der Waals surface area contributed by atoms with Crippen LogP contribution in [0, 0.1) is 11.3 Å². The third-order valence-corrected chi connectivity index (χ3v) is 4.46. The zero-order valence-corrected chi connectivity index (χ0v) is 15.3. The predicted molar refractivity (Wildman–Crippen MR) is 103 cm³/mol. The lowest BCUT2D eigenvalue weighted by molar-refractivity contribution is -0.114. The van der Waals surface area contributed by atoms with E-state index in [0.29, 0.717) is 38.3 Å². The molecule has 0 fully saturated rings. The molecule has 0 atom stereocenters. The van der Waals surface area contributed by atoms with Crippen LogP contribution in [0.2, 0.25) is 10.0 Å². The van der Waals surface area contributed by atoms with Crippen LogP contribution in [0.4, 0.5) is 5.69 Å². The average molecular weight is 386 g/mol. The van der Waals surface area contributed by atoms with Crippen molar-refractivity contribution in [3.05, 3.63) is 63.6 Å². The molecule has 0 spiro atoms. The number of nitriles is 1. The van der Waals surface area contributed by atoms with Crippen molar-refractivity contribution in [2.75, 3.05) is 11.6 Å². The molecule has 0 N–H and O–H groups in total. The molecular weight excluding hydrogens is 373 g/mol. The first-order valence-electron chi connectivity index (χ1n) is 7.67. The van der Waals surface area contributed by atoms with Gasteiger partial charge < -0.3 is 4.74 Å². The number of anilines is 1. The van der Waals surface area contributed by atoms with Crippen LogP contribution in [0.3, 0.4) is 0 Å². The molecule has 2 aromatic rings. The van der Waals surface area contributed by atoms with Crippen molar-refractivity contribution in [2.45, 2.75) is 6.92 Å². The van der Waals surface area contributed by atoms with Crippen molar-refractivity contribution in [1.29, 1.82) is 5.26 Å². The zero-order chi connectivity index (χ0) is 18.7.